The predicted molar refractivity (Wildman–Crippen MR) is 82.6 cm³/mol. The molecule has 0 saturated carbocycles. The zero-order valence-electron chi connectivity index (χ0n) is 12.6. The minimum atomic E-state index is -0.475. The van der Waals surface area contributed by atoms with E-state index in [0.29, 0.717) is 5.69 Å². The fourth-order valence-electron chi connectivity index (χ4n) is 2.50. The largest absolute Gasteiger partial charge is 0.396 e. The highest BCUT2D eigenvalue weighted by Crippen LogP contribution is 2.17. The van der Waals surface area contributed by atoms with Gasteiger partial charge in [0.1, 0.15) is 5.82 Å². The Kier molecular flexibility index (Phi) is 5.14. The van der Waals surface area contributed by atoms with Gasteiger partial charge < -0.3 is 16.0 Å². The number of nitrogens with zero attached hydrogens (tertiary/aromatic N) is 2. The molecule has 1 aromatic rings. The summed E-state index contributed by atoms with van der Waals surface area (Å²) in [6.45, 7) is 8.81. The van der Waals surface area contributed by atoms with Gasteiger partial charge in [-0.15, -0.1) is 0 Å². The highest BCUT2D eigenvalue weighted by atomic mass is 19.1. The van der Waals surface area contributed by atoms with Crippen molar-refractivity contribution in [2.75, 3.05) is 43.8 Å². The molecule has 1 aromatic carbocycles. The maximum absolute atomic E-state index is 13.1. The fourth-order valence-corrected chi connectivity index (χ4v) is 2.50. The molecule has 1 saturated heterocycles. The van der Waals surface area contributed by atoms with Crippen molar-refractivity contribution >= 4 is 17.3 Å². The number of likely N-dealkylation sites (N-methyl/N-ethyl adjacent to an activating group) is 1. The van der Waals surface area contributed by atoms with Gasteiger partial charge in [-0.1, -0.05) is 6.92 Å². The molecule has 116 valence electrons. The second-order valence-corrected chi connectivity index (χ2v) is 5.37. The topological polar surface area (TPSA) is 61.6 Å². The Bertz CT molecular complexity index is 500. The summed E-state index contributed by atoms with van der Waals surface area (Å²) in [5, 5.41) is 2.79. The molecule has 1 aliphatic rings. The van der Waals surface area contributed by atoms with E-state index in [1.165, 1.54) is 18.2 Å². The first-order chi connectivity index (χ1) is 10.0. The maximum Gasteiger partial charge on any atom is 0.241 e. The molecule has 0 aromatic heterocycles. The number of hydrogen-bond donors (Lipinski definition) is 2. The summed E-state index contributed by atoms with van der Waals surface area (Å²) in [6.07, 6.45) is 0. The number of nitrogens with one attached hydrogen (secondary N) is 1. The van der Waals surface area contributed by atoms with E-state index in [-0.39, 0.29) is 17.6 Å². The van der Waals surface area contributed by atoms with Gasteiger partial charge in [0, 0.05) is 31.9 Å². The Morgan fingerprint density at radius 1 is 1.38 bits per heavy atom. The molecule has 1 aliphatic heterocycles. The number of nitrogens with two attached hydrogens (primary N) is 1. The molecule has 3 N–H and O–H groups in total. The molecule has 0 spiro atoms. The van der Waals surface area contributed by atoms with Crippen LogP contribution in [0.1, 0.15) is 13.8 Å². The number of nitrogen functional groups attached to an aromatic ring is 1. The number of anilines is 2. The predicted octanol–water partition coefficient (Wildman–Crippen LogP) is 1.37. The zero-order chi connectivity index (χ0) is 15.4. The van der Waals surface area contributed by atoms with Gasteiger partial charge in [0.2, 0.25) is 5.91 Å². The van der Waals surface area contributed by atoms with Crippen molar-refractivity contribution in [3.8, 4) is 0 Å². The van der Waals surface area contributed by atoms with Crippen molar-refractivity contribution in [1.29, 1.82) is 0 Å². The summed E-state index contributed by atoms with van der Waals surface area (Å²) in [5.41, 5.74) is 6.07. The van der Waals surface area contributed by atoms with E-state index in [1.54, 1.807) is 0 Å². The zero-order valence-corrected chi connectivity index (χ0v) is 12.6. The Balaban J connectivity index is 1.92. The van der Waals surface area contributed by atoms with E-state index >= 15 is 0 Å². The summed E-state index contributed by atoms with van der Waals surface area (Å²) < 4.78 is 13.1. The lowest BCUT2D eigenvalue weighted by Gasteiger charge is -2.36. The molecule has 5 nitrogen and oxygen atoms in total. The molecular formula is C15H23FN4O. The van der Waals surface area contributed by atoms with Crippen molar-refractivity contribution < 1.29 is 9.18 Å². The molecule has 6 heteroatoms. The number of halogens is 1. The van der Waals surface area contributed by atoms with Gasteiger partial charge in [-0.2, -0.15) is 0 Å². The first kappa shape index (κ1) is 15.7. The lowest BCUT2D eigenvalue weighted by Crippen LogP contribution is -2.52. The lowest BCUT2D eigenvalue weighted by atomic mass is 10.2. The molecule has 0 aliphatic carbocycles. The van der Waals surface area contributed by atoms with Crippen molar-refractivity contribution in [3.05, 3.63) is 24.0 Å². The van der Waals surface area contributed by atoms with Gasteiger partial charge in [0.15, 0.2) is 0 Å². The van der Waals surface area contributed by atoms with E-state index in [0.717, 1.165) is 32.7 Å². The molecule has 2 rings (SSSR count). The van der Waals surface area contributed by atoms with Crippen LogP contribution in [0.25, 0.3) is 0 Å². The number of benzene rings is 1. The van der Waals surface area contributed by atoms with Gasteiger partial charge in [-0.05, 0) is 31.7 Å². The summed E-state index contributed by atoms with van der Waals surface area (Å²) in [7, 11) is 0. The first-order valence-electron chi connectivity index (χ1n) is 7.33. The molecule has 0 radical (unpaired) electrons. The van der Waals surface area contributed by atoms with Crippen LogP contribution in [0, 0.1) is 5.82 Å². The van der Waals surface area contributed by atoms with Crippen LogP contribution in [0.5, 0.6) is 0 Å². The smallest absolute Gasteiger partial charge is 0.241 e. The van der Waals surface area contributed by atoms with Crippen LogP contribution < -0.4 is 11.1 Å². The third kappa shape index (κ3) is 3.92. The molecule has 1 fully saturated rings. The van der Waals surface area contributed by atoms with Gasteiger partial charge in [0.25, 0.3) is 0 Å². The van der Waals surface area contributed by atoms with E-state index < -0.39 is 5.82 Å². The fraction of sp³-hybridized carbons (Fsp3) is 0.533. The molecule has 0 bridgehead atoms. The normalized spacial score (nSPS) is 18.4. The lowest BCUT2D eigenvalue weighted by molar-refractivity contribution is -0.121. The average molecular weight is 294 g/mol. The molecule has 1 atom stereocenters. The number of piperazine rings is 1. The summed E-state index contributed by atoms with van der Waals surface area (Å²) in [6, 6.07) is 4.01. The number of carbonyl (C=O) groups is 1. The molecular weight excluding hydrogens is 271 g/mol. The minimum absolute atomic E-state index is 0.0389. The Morgan fingerprint density at radius 3 is 2.62 bits per heavy atom. The number of amides is 1. The average Bonchev–Trinajstić information content (AvgIpc) is 2.50. The van der Waals surface area contributed by atoms with E-state index in [4.69, 9.17) is 5.73 Å². The first-order valence-corrected chi connectivity index (χ1v) is 7.33. The van der Waals surface area contributed by atoms with Crippen LogP contribution >= 0.6 is 0 Å². The number of carbonyl (C=O) groups excluding carboxylic acids is 1. The highest BCUT2D eigenvalue weighted by Gasteiger charge is 2.25. The van der Waals surface area contributed by atoms with Crippen molar-refractivity contribution in [2.24, 2.45) is 0 Å². The van der Waals surface area contributed by atoms with Crippen LogP contribution in [-0.4, -0.2) is 54.5 Å². The summed E-state index contributed by atoms with van der Waals surface area (Å²) >= 11 is 0. The van der Waals surface area contributed by atoms with Crippen LogP contribution in [0.15, 0.2) is 18.2 Å². The monoisotopic (exact) mass is 294 g/mol. The highest BCUT2D eigenvalue weighted by molar-refractivity contribution is 5.94. The third-order valence-electron chi connectivity index (χ3n) is 4.04. The summed E-state index contributed by atoms with van der Waals surface area (Å²) in [4.78, 5) is 16.8. The number of rotatable bonds is 4. The van der Waals surface area contributed by atoms with Gasteiger partial charge in [-0.25, -0.2) is 4.39 Å². The summed E-state index contributed by atoms with van der Waals surface area (Å²) in [5.74, 6) is -0.567. The Labute approximate surface area is 124 Å². The standard InChI is InChI=1S/C15H23FN4O/c1-3-19-6-8-20(9-7-19)11(2)15(21)18-12-4-5-13(16)14(17)10-12/h4-5,10-11H,3,6-9,17H2,1-2H3,(H,18,21). The van der Waals surface area contributed by atoms with Crippen LogP contribution in [0.4, 0.5) is 15.8 Å². The van der Waals surface area contributed by atoms with Gasteiger partial charge >= 0.3 is 0 Å². The van der Waals surface area contributed by atoms with Crippen LogP contribution in [0.3, 0.4) is 0 Å². The SMILES string of the molecule is CCN1CCN(C(C)C(=O)Nc2ccc(F)c(N)c2)CC1. The van der Waals surface area contributed by atoms with E-state index in [1.807, 2.05) is 6.92 Å². The van der Waals surface area contributed by atoms with Gasteiger partial charge in [-0.3, -0.25) is 9.69 Å². The second-order valence-electron chi connectivity index (χ2n) is 5.37. The molecule has 1 amide bonds. The van der Waals surface area contributed by atoms with Crippen LogP contribution in [0.2, 0.25) is 0 Å². The molecule has 1 heterocycles. The quantitative estimate of drug-likeness (QED) is 0.824. The molecule has 1 unspecified atom stereocenters. The maximum atomic E-state index is 13.1. The number of hydrogen-bond acceptors (Lipinski definition) is 4. The van der Waals surface area contributed by atoms with Crippen molar-refractivity contribution in [2.45, 2.75) is 19.9 Å². The Morgan fingerprint density at radius 2 is 2.05 bits per heavy atom. The third-order valence-corrected chi connectivity index (χ3v) is 4.04. The Hall–Kier alpha value is -1.66. The van der Waals surface area contributed by atoms with Gasteiger partial charge in [0.05, 0.1) is 11.7 Å². The van der Waals surface area contributed by atoms with Crippen molar-refractivity contribution in [3.63, 3.8) is 0 Å². The minimum Gasteiger partial charge on any atom is -0.396 e. The van der Waals surface area contributed by atoms with Crippen LogP contribution in [-0.2, 0) is 4.79 Å². The molecule has 21 heavy (non-hydrogen) atoms. The van der Waals surface area contributed by atoms with E-state index in [9.17, 15) is 9.18 Å². The van der Waals surface area contributed by atoms with Crippen molar-refractivity contribution in [1.82, 2.24) is 9.80 Å². The van der Waals surface area contributed by atoms with E-state index in [2.05, 4.69) is 22.0 Å². The second kappa shape index (κ2) is 6.87.